The highest BCUT2D eigenvalue weighted by Gasteiger charge is 2.33. The van der Waals surface area contributed by atoms with Gasteiger partial charge in [-0.15, -0.1) is 0 Å². The van der Waals surface area contributed by atoms with E-state index in [0.29, 0.717) is 21.5 Å². The highest BCUT2D eigenvalue weighted by Crippen LogP contribution is 2.29. The molecule has 3 rings (SSSR count). The third-order valence-corrected chi connectivity index (χ3v) is 4.31. The fourth-order valence-electron chi connectivity index (χ4n) is 2.46. The van der Waals surface area contributed by atoms with Crippen LogP contribution < -0.4 is 10.2 Å². The number of amides is 1. The molecule has 0 spiro atoms. The van der Waals surface area contributed by atoms with Gasteiger partial charge in [0.2, 0.25) is 0 Å². The number of halogens is 1. The number of aryl methyl sites for hydroxylation is 2. The molecule has 5 heteroatoms. The molecule has 1 aliphatic rings. The maximum Gasteiger partial charge on any atom is 0.281 e. The van der Waals surface area contributed by atoms with Gasteiger partial charge in [-0.3, -0.25) is 9.69 Å². The van der Waals surface area contributed by atoms with Crippen molar-refractivity contribution in [3.05, 3.63) is 69.9 Å². The lowest BCUT2D eigenvalue weighted by molar-refractivity contribution is -0.113. The van der Waals surface area contributed by atoms with Crippen molar-refractivity contribution in [3.8, 4) is 0 Å². The van der Waals surface area contributed by atoms with Crippen LogP contribution in [0.5, 0.6) is 0 Å². The summed E-state index contributed by atoms with van der Waals surface area (Å²) >= 11 is 11.5. The van der Waals surface area contributed by atoms with E-state index in [2.05, 4.69) is 5.32 Å². The topological polar surface area (TPSA) is 32.3 Å². The van der Waals surface area contributed by atoms with E-state index in [9.17, 15) is 4.79 Å². The van der Waals surface area contributed by atoms with Gasteiger partial charge < -0.3 is 5.32 Å². The Balaban J connectivity index is 2.00. The molecule has 0 aromatic heterocycles. The second-order valence-electron chi connectivity index (χ2n) is 5.44. The molecule has 1 saturated heterocycles. The Bertz CT molecular complexity index is 845. The van der Waals surface area contributed by atoms with Gasteiger partial charge in [-0.25, -0.2) is 0 Å². The van der Waals surface area contributed by atoms with Crippen LogP contribution >= 0.6 is 23.8 Å². The molecule has 23 heavy (non-hydrogen) atoms. The number of carbonyl (C=O) groups excluding carboxylic acids is 1. The summed E-state index contributed by atoms with van der Waals surface area (Å²) in [6.45, 7) is 4.03. The van der Waals surface area contributed by atoms with Gasteiger partial charge in [0.15, 0.2) is 5.11 Å². The number of para-hydroxylation sites is 1. The van der Waals surface area contributed by atoms with Crippen molar-refractivity contribution in [3.63, 3.8) is 0 Å². The number of thiocarbonyl (C=S) groups is 1. The van der Waals surface area contributed by atoms with Crippen LogP contribution in [0.4, 0.5) is 5.69 Å². The number of anilines is 1. The van der Waals surface area contributed by atoms with Crippen molar-refractivity contribution < 1.29 is 4.79 Å². The van der Waals surface area contributed by atoms with Gasteiger partial charge in [0.25, 0.3) is 5.91 Å². The number of hydrogen-bond donors (Lipinski definition) is 1. The van der Waals surface area contributed by atoms with Gasteiger partial charge in [0, 0.05) is 0 Å². The highest BCUT2D eigenvalue weighted by atomic mass is 35.5. The minimum Gasteiger partial charge on any atom is -0.327 e. The summed E-state index contributed by atoms with van der Waals surface area (Å²) < 4.78 is 0. The Morgan fingerprint density at radius 1 is 1.17 bits per heavy atom. The lowest BCUT2D eigenvalue weighted by atomic mass is 10.0. The van der Waals surface area contributed by atoms with Gasteiger partial charge in [-0.2, -0.15) is 0 Å². The molecular weight excluding hydrogens is 328 g/mol. The molecule has 0 radical (unpaired) electrons. The van der Waals surface area contributed by atoms with E-state index in [-0.39, 0.29) is 5.91 Å². The molecule has 1 aliphatic heterocycles. The van der Waals surface area contributed by atoms with Crippen LogP contribution in [0, 0.1) is 13.8 Å². The quantitative estimate of drug-likeness (QED) is 0.655. The zero-order valence-electron chi connectivity index (χ0n) is 12.8. The maximum atomic E-state index is 12.7. The predicted octanol–water partition coefficient (Wildman–Crippen LogP) is 4.22. The van der Waals surface area contributed by atoms with Crippen LogP contribution in [0.15, 0.2) is 48.2 Å². The van der Waals surface area contributed by atoms with Crippen LogP contribution in [0.3, 0.4) is 0 Å². The normalized spacial score (nSPS) is 16.1. The fraction of sp³-hybridized carbons (Fsp3) is 0.111. The summed E-state index contributed by atoms with van der Waals surface area (Å²) in [5.41, 5.74) is 4.26. The molecule has 116 valence electrons. The first-order valence-electron chi connectivity index (χ1n) is 7.16. The molecular formula is C18H15ClN2OS. The first-order valence-corrected chi connectivity index (χ1v) is 7.95. The Kier molecular flexibility index (Phi) is 4.20. The Morgan fingerprint density at radius 3 is 2.65 bits per heavy atom. The Morgan fingerprint density at radius 2 is 1.91 bits per heavy atom. The molecule has 2 aromatic carbocycles. The first kappa shape index (κ1) is 15.7. The number of hydrogen-bond acceptors (Lipinski definition) is 2. The number of benzene rings is 2. The predicted molar refractivity (Wildman–Crippen MR) is 98.6 cm³/mol. The van der Waals surface area contributed by atoms with Gasteiger partial charge in [0.05, 0.1) is 10.7 Å². The van der Waals surface area contributed by atoms with Gasteiger partial charge in [-0.1, -0.05) is 47.5 Å². The molecule has 1 fully saturated rings. The van der Waals surface area contributed by atoms with Crippen molar-refractivity contribution in [2.24, 2.45) is 0 Å². The molecule has 0 saturated carbocycles. The lowest BCUT2D eigenvalue weighted by Gasteiger charge is -2.15. The molecule has 0 unspecified atom stereocenters. The van der Waals surface area contributed by atoms with E-state index >= 15 is 0 Å². The van der Waals surface area contributed by atoms with Gasteiger partial charge >= 0.3 is 0 Å². The largest absolute Gasteiger partial charge is 0.327 e. The van der Waals surface area contributed by atoms with Crippen LogP contribution in [-0.2, 0) is 4.79 Å². The summed E-state index contributed by atoms with van der Waals surface area (Å²) in [6.07, 6.45) is 1.83. The highest BCUT2D eigenvalue weighted by molar-refractivity contribution is 7.80. The van der Waals surface area contributed by atoms with Crippen LogP contribution in [0.25, 0.3) is 6.08 Å². The maximum absolute atomic E-state index is 12.7. The van der Waals surface area contributed by atoms with Gasteiger partial charge in [-0.05, 0) is 55.4 Å². The number of carbonyl (C=O) groups is 1. The van der Waals surface area contributed by atoms with Crippen molar-refractivity contribution >= 4 is 46.6 Å². The van der Waals surface area contributed by atoms with E-state index in [0.717, 1.165) is 16.7 Å². The zero-order valence-corrected chi connectivity index (χ0v) is 14.3. The summed E-state index contributed by atoms with van der Waals surface area (Å²) in [5.74, 6) is -0.205. The summed E-state index contributed by atoms with van der Waals surface area (Å²) in [4.78, 5) is 14.1. The van der Waals surface area contributed by atoms with E-state index in [4.69, 9.17) is 23.8 Å². The molecule has 1 N–H and O–H groups in total. The zero-order chi connectivity index (χ0) is 16.6. The average molecular weight is 343 g/mol. The fourth-order valence-corrected chi connectivity index (χ4v) is 2.97. The molecule has 0 aliphatic carbocycles. The Hall–Kier alpha value is -2.17. The van der Waals surface area contributed by atoms with Crippen molar-refractivity contribution in [1.82, 2.24) is 5.32 Å². The van der Waals surface area contributed by atoms with E-state index in [1.54, 1.807) is 12.1 Å². The van der Waals surface area contributed by atoms with Crippen LogP contribution in [-0.4, -0.2) is 11.0 Å². The number of rotatable bonds is 2. The number of nitrogens with one attached hydrogen (secondary N) is 1. The van der Waals surface area contributed by atoms with Crippen molar-refractivity contribution in [2.75, 3.05) is 4.90 Å². The smallest absolute Gasteiger partial charge is 0.281 e. The lowest BCUT2D eigenvalue weighted by Crippen LogP contribution is -2.30. The monoisotopic (exact) mass is 342 g/mol. The molecule has 0 atom stereocenters. The van der Waals surface area contributed by atoms with Crippen LogP contribution in [0.1, 0.15) is 16.7 Å². The minimum absolute atomic E-state index is 0.205. The standard InChI is InChI=1S/C18H15ClN2OS/c1-11-7-8-12(2)13(9-11)10-15-17(22)21(18(23)20-15)16-6-4-3-5-14(16)19/h3-10H,1-2H3,(H,20,23)/b15-10-. The van der Waals surface area contributed by atoms with E-state index in [1.165, 1.54) is 4.90 Å². The number of nitrogens with zero attached hydrogens (tertiary/aromatic N) is 1. The average Bonchev–Trinajstić information content (AvgIpc) is 2.78. The molecule has 1 amide bonds. The van der Waals surface area contributed by atoms with Gasteiger partial charge in [0.1, 0.15) is 5.70 Å². The third-order valence-electron chi connectivity index (χ3n) is 3.71. The minimum atomic E-state index is -0.205. The Labute approximate surface area is 145 Å². The molecule has 3 nitrogen and oxygen atoms in total. The van der Waals surface area contributed by atoms with Crippen molar-refractivity contribution in [2.45, 2.75) is 13.8 Å². The SMILES string of the molecule is Cc1ccc(C)c(/C=C2\NC(=S)N(c3ccccc3Cl)C2=O)c1. The van der Waals surface area contributed by atoms with E-state index < -0.39 is 0 Å². The second-order valence-corrected chi connectivity index (χ2v) is 6.23. The second kappa shape index (κ2) is 6.14. The summed E-state index contributed by atoms with van der Waals surface area (Å²) in [6, 6.07) is 13.3. The summed E-state index contributed by atoms with van der Waals surface area (Å²) in [7, 11) is 0. The molecule has 1 heterocycles. The van der Waals surface area contributed by atoms with Crippen molar-refractivity contribution in [1.29, 1.82) is 0 Å². The summed E-state index contributed by atoms with van der Waals surface area (Å²) in [5, 5.41) is 3.80. The van der Waals surface area contributed by atoms with Crippen LogP contribution in [0.2, 0.25) is 5.02 Å². The van der Waals surface area contributed by atoms with E-state index in [1.807, 2.05) is 50.3 Å². The first-order chi connectivity index (χ1) is 11.0. The molecule has 0 bridgehead atoms. The third kappa shape index (κ3) is 3.00. The molecule has 2 aromatic rings.